The van der Waals surface area contributed by atoms with Crippen LogP contribution >= 0.6 is 0 Å². The van der Waals surface area contributed by atoms with Crippen LogP contribution in [-0.2, 0) is 0 Å². The van der Waals surface area contributed by atoms with Gasteiger partial charge in [0, 0.05) is 0 Å². The minimum absolute atomic E-state index is 1.21. The van der Waals surface area contributed by atoms with Gasteiger partial charge in [0.05, 0.1) is 0 Å². The van der Waals surface area contributed by atoms with Crippen LogP contribution < -0.4 is 0 Å². The average molecular weight is 329 g/mol. The molecule has 0 saturated carbocycles. The van der Waals surface area contributed by atoms with E-state index in [0.717, 1.165) is 0 Å². The van der Waals surface area contributed by atoms with Gasteiger partial charge in [-0.3, -0.25) is 0 Å². The molecule has 0 N–H and O–H groups in total. The molecule has 0 rings (SSSR count). The Kier molecular flexibility index (Phi) is 13.9. The molecule has 0 fully saturated rings. The Labute approximate surface area is 126 Å². The van der Waals surface area contributed by atoms with Crippen molar-refractivity contribution in [2.24, 2.45) is 0 Å². The second-order valence-electron chi connectivity index (χ2n) is 7.55. The van der Waals surface area contributed by atoms with E-state index in [1.807, 2.05) is 0 Å². The van der Waals surface area contributed by atoms with Gasteiger partial charge in [0.25, 0.3) is 0 Å². The standard InChI is InChI=1S/C18H40Ge/c1-5-6-7-8-9-10-11-12-13-14-15-16-17-18-19(2,3)4/h5-18H2,1-4H3. The molecule has 0 spiro atoms. The van der Waals surface area contributed by atoms with E-state index in [1.54, 1.807) is 5.25 Å². The molecule has 0 aromatic heterocycles. The number of rotatable bonds is 14. The summed E-state index contributed by atoms with van der Waals surface area (Å²) in [5, 5.41) is 1.58. The van der Waals surface area contributed by atoms with Crippen LogP contribution in [0.15, 0.2) is 0 Å². The predicted molar refractivity (Wildman–Crippen MR) is 93.8 cm³/mol. The Bertz CT molecular complexity index is 169. The van der Waals surface area contributed by atoms with Crippen LogP contribution in [0, 0.1) is 0 Å². The zero-order chi connectivity index (χ0) is 14.4. The first-order valence-corrected chi connectivity index (χ1v) is 16.8. The van der Waals surface area contributed by atoms with Crippen molar-refractivity contribution in [2.75, 3.05) is 0 Å². The molecular weight excluding hydrogens is 289 g/mol. The molecule has 0 bridgehead atoms. The van der Waals surface area contributed by atoms with Crippen molar-refractivity contribution in [1.82, 2.24) is 0 Å². The fourth-order valence-corrected chi connectivity index (χ4v) is 5.42. The molecule has 0 aromatic carbocycles. The van der Waals surface area contributed by atoms with Crippen molar-refractivity contribution in [1.29, 1.82) is 0 Å². The van der Waals surface area contributed by atoms with Crippen molar-refractivity contribution in [2.45, 2.75) is 113 Å². The molecule has 0 atom stereocenters. The topological polar surface area (TPSA) is 0 Å². The molecule has 1 heteroatoms. The van der Waals surface area contributed by atoms with Crippen molar-refractivity contribution < 1.29 is 0 Å². The molecule has 0 aliphatic heterocycles. The molecular formula is C18H40Ge. The molecule has 0 saturated heterocycles. The second-order valence-corrected chi connectivity index (χ2v) is 19.3. The number of hydrogen-bond acceptors (Lipinski definition) is 0. The summed E-state index contributed by atoms with van der Waals surface area (Å²) in [4.78, 5) is 0. The van der Waals surface area contributed by atoms with Crippen LogP contribution in [0.2, 0.25) is 22.5 Å². The fraction of sp³-hybridized carbons (Fsp3) is 1.00. The van der Waals surface area contributed by atoms with Crippen molar-refractivity contribution in [3.8, 4) is 0 Å². The maximum absolute atomic E-state index is 2.54. The van der Waals surface area contributed by atoms with Gasteiger partial charge in [0.15, 0.2) is 0 Å². The van der Waals surface area contributed by atoms with E-state index in [1.165, 1.54) is 83.5 Å². The van der Waals surface area contributed by atoms with Gasteiger partial charge in [-0.2, -0.15) is 0 Å². The van der Waals surface area contributed by atoms with E-state index in [9.17, 15) is 0 Å². The van der Waals surface area contributed by atoms with Gasteiger partial charge in [0.1, 0.15) is 0 Å². The summed E-state index contributed by atoms with van der Waals surface area (Å²) < 4.78 is 0. The van der Waals surface area contributed by atoms with E-state index < -0.39 is 13.3 Å². The van der Waals surface area contributed by atoms with Crippen LogP contribution in [0.5, 0.6) is 0 Å². The van der Waals surface area contributed by atoms with Crippen LogP contribution in [0.3, 0.4) is 0 Å². The Balaban J connectivity index is 2.99. The zero-order valence-electron chi connectivity index (χ0n) is 14.4. The monoisotopic (exact) mass is 330 g/mol. The third-order valence-electron chi connectivity index (χ3n) is 4.03. The molecule has 0 amide bonds. The molecule has 0 radical (unpaired) electrons. The average Bonchev–Trinajstić information content (AvgIpc) is 2.34. The van der Waals surface area contributed by atoms with Crippen LogP contribution in [0.25, 0.3) is 0 Å². The SMILES string of the molecule is CCCCCCCCCCCCCC[CH2][Ge]([CH3])([CH3])[CH3]. The van der Waals surface area contributed by atoms with Crippen LogP contribution in [0.1, 0.15) is 90.4 Å². The molecule has 0 unspecified atom stereocenters. The first-order chi connectivity index (χ1) is 9.06. The van der Waals surface area contributed by atoms with E-state index in [2.05, 4.69) is 24.2 Å². The van der Waals surface area contributed by atoms with Crippen LogP contribution in [-0.4, -0.2) is 13.3 Å². The van der Waals surface area contributed by atoms with Gasteiger partial charge in [-0.15, -0.1) is 0 Å². The molecule has 0 nitrogen and oxygen atoms in total. The Hall–Kier alpha value is 0.543. The quantitative estimate of drug-likeness (QED) is 0.230. The summed E-state index contributed by atoms with van der Waals surface area (Å²) in [5.41, 5.74) is 0. The van der Waals surface area contributed by atoms with Crippen LogP contribution in [0.4, 0.5) is 0 Å². The van der Waals surface area contributed by atoms with Crippen molar-refractivity contribution in [3.63, 3.8) is 0 Å². The summed E-state index contributed by atoms with van der Waals surface area (Å²) in [6.45, 7) is 2.30. The van der Waals surface area contributed by atoms with Crippen molar-refractivity contribution in [3.05, 3.63) is 0 Å². The van der Waals surface area contributed by atoms with Gasteiger partial charge < -0.3 is 0 Å². The number of hydrogen-bond donors (Lipinski definition) is 0. The van der Waals surface area contributed by atoms with Gasteiger partial charge in [-0.1, -0.05) is 19.8 Å². The molecule has 0 aliphatic rings. The van der Waals surface area contributed by atoms with Crippen molar-refractivity contribution >= 4 is 13.3 Å². The van der Waals surface area contributed by atoms with Gasteiger partial charge in [-0.05, 0) is 0 Å². The van der Waals surface area contributed by atoms with Gasteiger partial charge in [-0.25, -0.2) is 0 Å². The second kappa shape index (κ2) is 13.5. The Morgan fingerprint density at radius 3 is 1.11 bits per heavy atom. The molecule has 116 valence electrons. The molecule has 0 heterocycles. The van der Waals surface area contributed by atoms with E-state index in [0.29, 0.717) is 0 Å². The normalized spacial score (nSPS) is 12.0. The zero-order valence-corrected chi connectivity index (χ0v) is 16.5. The third kappa shape index (κ3) is 18.5. The van der Waals surface area contributed by atoms with Gasteiger partial charge >= 0.3 is 106 Å². The van der Waals surface area contributed by atoms with E-state index >= 15 is 0 Å². The summed E-state index contributed by atoms with van der Waals surface area (Å²) >= 11 is -1.21. The van der Waals surface area contributed by atoms with Gasteiger partial charge in [0.2, 0.25) is 0 Å². The molecule has 19 heavy (non-hydrogen) atoms. The summed E-state index contributed by atoms with van der Waals surface area (Å²) in [6.07, 6.45) is 19.2. The predicted octanol–water partition coefficient (Wildman–Crippen LogP) is 7.42. The first kappa shape index (κ1) is 19.5. The van der Waals surface area contributed by atoms with E-state index in [4.69, 9.17) is 0 Å². The minimum atomic E-state index is -1.21. The third-order valence-corrected chi connectivity index (χ3v) is 7.92. The molecule has 0 aromatic rings. The summed E-state index contributed by atoms with van der Waals surface area (Å²) in [6, 6.07) is 0. The fourth-order valence-electron chi connectivity index (χ4n) is 2.67. The Morgan fingerprint density at radius 1 is 0.474 bits per heavy atom. The Morgan fingerprint density at radius 2 is 0.789 bits per heavy atom. The number of unbranched alkanes of at least 4 members (excludes halogenated alkanes) is 12. The maximum atomic E-state index is 2.54. The molecule has 0 aliphatic carbocycles. The van der Waals surface area contributed by atoms with E-state index in [-0.39, 0.29) is 0 Å². The first-order valence-electron chi connectivity index (χ1n) is 9.06. The summed E-state index contributed by atoms with van der Waals surface area (Å²) in [5.74, 6) is 7.63. The summed E-state index contributed by atoms with van der Waals surface area (Å²) in [7, 11) is 0.